The molecule has 4 aromatic carbocycles. The molecule has 0 bridgehead atoms. The molecule has 4 fully saturated rings. The van der Waals surface area contributed by atoms with Crippen LogP contribution >= 0.6 is 0 Å². The molecule has 4 saturated heterocycles. The first-order chi connectivity index (χ1) is 26.7. The Morgan fingerprint density at radius 1 is 0.509 bits per heavy atom. The van der Waals surface area contributed by atoms with Gasteiger partial charge in [-0.25, -0.2) is 0 Å². The van der Waals surface area contributed by atoms with Crippen LogP contribution in [0.5, 0.6) is 0 Å². The molecule has 9 atom stereocenters. The predicted molar refractivity (Wildman–Crippen MR) is 207 cm³/mol. The summed E-state index contributed by atoms with van der Waals surface area (Å²) < 4.78 is 53.0. The molecule has 9 nitrogen and oxygen atoms in total. The Bertz CT molecular complexity index is 1780. The minimum absolute atomic E-state index is 0.0395. The summed E-state index contributed by atoms with van der Waals surface area (Å²) in [5, 5.41) is 0. The van der Waals surface area contributed by atoms with E-state index in [0.29, 0.717) is 39.4 Å². The van der Waals surface area contributed by atoms with Gasteiger partial charge >= 0.3 is 0 Å². The Balaban J connectivity index is 1.11. The molecule has 0 radical (unpaired) electrons. The number of rotatable bonds is 15. The van der Waals surface area contributed by atoms with Gasteiger partial charge in [0.2, 0.25) is 0 Å². The van der Waals surface area contributed by atoms with E-state index in [-0.39, 0.29) is 48.7 Å². The fraction of sp³-hybridized carbons (Fsp3) is 0.478. The average Bonchev–Trinajstić information content (AvgIpc) is 3.79. The maximum absolute atomic E-state index is 7.06. The minimum Gasteiger partial charge on any atom is -0.375 e. The van der Waals surface area contributed by atoms with Gasteiger partial charge in [0.15, 0.2) is 17.9 Å². The van der Waals surface area contributed by atoms with Crippen molar-refractivity contribution in [3.8, 4) is 0 Å². The quantitative estimate of drug-likeness (QED) is 0.121. The molecule has 4 heterocycles. The van der Waals surface area contributed by atoms with E-state index in [9.17, 15) is 0 Å². The molecule has 292 valence electrons. The molecule has 0 spiro atoms. The summed E-state index contributed by atoms with van der Waals surface area (Å²) in [6, 6.07) is 41.6. The molecule has 1 unspecified atom stereocenters. The highest BCUT2D eigenvalue weighted by Crippen LogP contribution is 2.46. The number of hydrogen-bond donors (Lipinski definition) is 0. The minimum atomic E-state index is -0.782. The summed E-state index contributed by atoms with van der Waals surface area (Å²) in [4.78, 5) is 2.56. The van der Waals surface area contributed by atoms with Crippen molar-refractivity contribution in [2.45, 2.75) is 133 Å². The molecule has 4 aliphatic rings. The first kappa shape index (κ1) is 38.4. The van der Waals surface area contributed by atoms with Gasteiger partial charge < -0.3 is 37.9 Å². The third kappa shape index (κ3) is 9.23. The van der Waals surface area contributed by atoms with E-state index >= 15 is 0 Å². The Morgan fingerprint density at radius 2 is 0.982 bits per heavy atom. The molecule has 4 aliphatic heterocycles. The smallest absolute Gasteiger partial charge is 0.190 e. The van der Waals surface area contributed by atoms with Gasteiger partial charge in [-0.05, 0) is 62.8 Å². The van der Waals surface area contributed by atoms with Crippen molar-refractivity contribution in [1.82, 2.24) is 4.90 Å². The van der Waals surface area contributed by atoms with Crippen molar-refractivity contribution >= 4 is 0 Å². The molecular formula is C46H55NO8. The van der Waals surface area contributed by atoms with Crippen LogP contribution in [0, 0.1) is 0 Å². The number of ether oxygens (including phenoxy) is 8. The lowest BCUT2D eigenvalue weighted by molar-refractivity contribution is -0.235. The summed E-state index contributed by atoms with van der Waals surface area (Å²) in [5.41, 5.74) is 4.59. The van der Waals surface area contributed by atoms with Gasteiger partial charge in [0.25, 0.3) is 0 Å². The summed E-state index contributed by atoms with van der Waals surface area (Å²) >= 11 is 0. The Morgan fingerprint density at radius 3 is 1.56 bits per heavy atom. The van der Waals surface area contributed by atoms with Crippen molar-refractivity contribution in [1.29, 1.82) is 0 Å². The Kier molecular flexibility index (Phi) is 11.8. The highest BCUT2D eigenvalue weighted by molar-refractivity contribution is 5.19. The molecule has 0 aromatic heterocycles. The largest absolute Gasteiger partial charge is 0.375 e. The first-order valence-corrected chi connectivity index (χ1v) is 19.8. The molecule has 8 rings (SSSR count). The molecule has 9 heteroatoms. The topological polar surface area (TPSA) is 77.1 Å². The average molecular weight is 750 g/mol. The zero-order valence-corrected chi connectivity index (χ0v) is 32.4. The van der Waals surface area contributed by atoms with Crippen LogP contribution in [-0.2, 0) is 64.3 Å². The van der Waals surface area contributed by atoms with Gasteiger partial charge in [-0.3, -0.25) is 4.90 Å². The number of hydrogen-bond acceptors (Lipinski definition) is 9. The fourth-order valence-corrected chi connectivity index (χ4v) is 8.69. The number of nitrogens with zero attached hydrogens (tertiary/aromatic N) is 1. The van der Waals surface area contributed by atoms with Gasteiger partial charge in [0.05, 0.1) is 38.6 Å². The van der Waals surface area contributed by atoms with E-state index in [2.05, 4.69) is 108 Å². The second kappa shape index (κ2) is 16.9. The molecular weight excluding hydrogens is 695 g/mol. The second-order valence-electron chi connectivity index (χ2n) is 16.1. The molecule has 55 heavy (non-hydrogen) atoms. The van der Waals surface area contributed by atoms with Crippen LogP contribution in [0.15, 0.2) is 121 Å². The maximum Gasteiger partial charge on any atom is 0.190 e. The van der Waals surface area contributed by atoms with E-state index in [1.54, 1.807) is 0 Å². The van der Waals surface area contributed by atoms with Crippen molar-refractivity contribution in [2.75, 3.05) is 6.61 Å². The van der Waals surface area contributed by atoms with Crippen LogP contribution < -0.4 is 0 Å². The molecule has 0 N–H and O–H groups in total. The van der Waals surface area contributed by atoms with E-state index in [4.69, 9.17) is 37.9 Å². The SMILES string of the molecule is CC1(C)O[C@@H]2[C@H](O1)[C@H]1OC(C)(C)OC1O[C@@H]2CC[C@H]1[C@H](OCc2ccccc2)[C@H](OCc2ccccc2)[C@H](COCc2ccccc2)N1Cc1ccccc1. The van der Waals surface area contributed by atoms with Crippen LogP contribution in [0.3, 0.4) is 0 Å². The molecule has 0 saturated carbocycles. The van der Waals surface area contributed by atoms with E-state index in [1.165, 1.54) is 5.56 Å². The van der Waals surface area contributed by atoms with Crippen LogP contribution in [0.4, 0.5) is 0 Å². The van der Waals surface area contributed by atoms with Crippen LogP contribution in [0.1, 0.15) is 62.8 Å². The summed E-state index contributed by atoms with van der Waals surface area (Å²) in [7, 11) is 0. The molecule has 0 amide bonds. The zero-order valence-electron chi connectivity index (χ0n) is 32.4. The normalized spacial score (nSPS) is 30.9. The van der Waals surface area contributed by atoms with E-state index < -0.39 is 17.9 Å². The van der Waals surface area contributed by atoms with Crippen LogP contribution in [0.2, 0.25) is 0 Å². The van der Waals surface area contributed by atoms with Gasteiger partial charge in [0, 0.05) is 12.6 Å². The fourth-order valence-electron chi connectivity index (χ4n) is 8.69. The highest BCUT2D eigenvalue weighted by atomic mass is 16.9. The van der Waals surface area contributed by atoms with Crippen molar-refractivity contribution in [2.24, 2.45) is 0 Å². The van der Waals surface area contributed by atoms with Gasteiger partial charge in [-0.15, -0.1) is 0 Å². The Labute approximate surface area is 325 Å². The highest BCUT2D eigenvalue weighted by Gasteiger charge is 2.61. The van der Waals surface area contributed by atoms with Gasteiger partial charge in [-0.1, -0.05) is 121 Å². The lowest BCUT2D eigenvalue weighted by Gasteiger charge is -2.38. The van der Waals surface area contributed by atoms with Gasteiger partial charge in [-0.2, -0.15) is 0 Å². The van der Waals surface area contributed by atoms with E-state index in [1.807, 2.05) is 45.9 Å². The lowest BCUT2D eigenvalue weighted by Crippen LogP contribution is -2.55. The van der Waals surface area contributed by atoms with Crippen LogP contribution in [0.25, 0.3) is 0 Å². The number of likely N-dealkylation sites (tertiary alicyclic amines) is 1. The second-order valence-corrected chi connectivity index (χ2v) is 16.1. The third-order valence-electron chi connectivity index (χ3n) is 11.1. The summed E-state index contributed by atoms with van der Waals surface area (Å²) in [6.07, 6.45) is -0.924. The van der Waals surface area contributed by atoms with Crippen molar-refractivity contribution < 1.29 is 37.9 Å². The van der Waals surface area contributed by atoms with Crippen molar-refractivity contribution in [3.05, 3.63) is 144 Å². The summed E-state index contributed by atoms with van der Waals surface area (Å²) in [5.74, 6) is -1.55. The standard InChI is InChI=1S/C46H55NO8/c1-45(2)52-41-38(51-44-43(42(41)53-45)54-46(3,4)55-44)26-25-36-39(49-29-34-21-13-7-14-22-34)40(50-30-35-23-15-8-16-24-35)37(31-48-28-33-19-11-6-12-20-33)47(36)27-32-17-9-5-10-18-32/h5-24,36-44H,25-31H2,1-4H3/t36-,37-,38+,39-,40+,41-,42-,43+,44?/m0/s1. The first-order valence-electron chi connectivity index (χ1n) is 19.8. The lowest BCUT2D eigenvalue weighted by atomic mass is 9.93. The zero-order chi connectivity index (χ0) is 37.8. The van der Waals surface area contributed by atoms with Gasteiger partial charge in [0.1, 0.15) is 30.5 Å². The predicted octanol–water partition coefficient (Wildman–Crippen LogP) is 7.80. The molecule has 4 aromatic rings. The third-order valence-corrected chi connectivity index (χ3v) is 11.1. The monoisotopic (exact) mass is 749 g/mol. The number of benzene rings is 4. The number of fused-ring (bicyclic) bond motifs is 3. The Hall–Kier alpha value is -3.48. The van der Waals surface area contributed by atoms with Crippen molar-refractivity contribution in [3.63, 3.8) is 0 Å². The van der Waals surface area contributed by atoms with Crippen LogP contribution in [-0.4, -0.2) is 78.1 Å². The molecule has 0 aliphatic carbocycles. The van der Waals surface area contributed by atoms with E-state index in [0.717, 1.165) is 23.1 Å². The summed E-state index contributed by atoms with van der Waals surface area (Å²) in [6.45, 7) is 10.4. The maximum atomic E-state index is 7.06.